The van der Waals surface area contributed by atoms with Crippen molar-refractivity contribution in [3.8, 4) is 0 Å². The number of hydrogen-bond donors (Lipinski definition) is 1. The van der Waals surface area contributed by atoms with Crippen LogP contribution in [0.4, 0.5) is 0 Å². The highest BCUT2D eigenvalue weighted by atomic mass is 16.6. The van der Waals surface area contributed by atoms with Crippen molar-refractivity contribution in [1.82, 2.24) is 5.32 Å². The largest absolute Gasteiger partial charge is 0.458 e. The average molecular weight is 325 g/mol. The van der Waals surface area contributed by atoms with E-state index >= 15 is 0 Å². The fraction of sp³-hybridized carbons (Fsp3) is 0.300. The van der Waals surface area contributed by atoms with Crippen LogP contribution in [0.1, 0.15) is 36.7 Å². The van der Waals surface area contributed by atoms with Gasteiger partial charge < -0.3 is 10.1 Å². The van der Waals surface area contributed by atoms with Gasteiger partial charge in [-0.15, -0.1) is 0 Å². The van der Waals surface area contributed by atoms with E-state index in [0.717, 1.165) is 5.56 Å². The predicted molar refractivity (Wildman–Crippen MR) is 93.7 cm³/mol. The van der Waals surface area contributed by atoms with Crippen molar-refractivity contribution in [2.75, 3.05) is 0 Å². The summed E-state index contributed by atoms with van der Waals surface area (Å²) in [4.78, 5) is 24.9. The van der Waals surface area contributed by atoms with Gasteiger partial charge in [-0.1, -0.05) is 48.5 Å². The summed E-state index contributed by atoms with van der Waals surface area (Å²) in [5.41, 5.74) is 0.865. The molecule has 0 aliphatic heterocycles. The third-order valence-electron chi connectivity index (χ3n) is 3.32. The molecule has 1 amide bonds. The lowest BCUT2D eigenvalue weighted by Crippen LogP contribution is -2.45. The molecule has 0 fully saturated rings. The van der Waals surface area contributed by atoms with Crippen LogP contribution < -0.4 is 5.32 Å². The molecule has 0 aliphatic rings. The van der Waals surface area contributed by atoms with Crippen molar-refractivity contribution in [1.29, 1.82) is 0 Å². The Morgan fingerprint density at radius 1 is 0.958 bits per heavy atom. The molecule has 0 heterocycles. The van der Waals surface area contributed by atoms with Crippen molar-refractivity contribution in [2.45, 2.75) is 38.8 Å². The Morgan fingerprint density at radius 3 is 2.04 bits per heavy atom. The zero-order chi connectivity index (χ0) is 17.6. The third-order valence-corrected chi connectivity index (χ3v) is 3.32. The van der Waals surface area contributed by atoms with E-state index in [-0.39, 0.29) is 5.91 Å². The molecule has 0 aromatic heterocycles. The zero-order valence-electron chi connectivity index (χ0n) is 14.3. The van der Waals surface area contributed by atoms with Crippen LogP contribution in [0.5, 0.6) is 0 Å². The molecule has 0 aliphatic carbocycles. The van der Waals surface area contributed by atoms with Crippen LogP contribution in [0.3, 0.4) is 0 Å². The monoisotopic (exact) mass is 325 g/mol. The molecule has 24 heavy (non-hydrogen) atoms. The molecule has 2 aromatic carbocycles. The highest BCUT2D eigenvalue weighted by Crippen LogP contribution is 2.12. The maximum atomic E-state index is 12.5. The lowest BCUT2D eigenvalue weighted by molar-refractivity contribution is -0.157. The Kier molecular flexibility index (Phi) is 5.74. The van der Waals surface area contributed by atoms with E-state index in [2.05, 4.69) is 5.32 Å². The average Bonchev–Trinajstić information content (AvgIpc) is 2.54. The Balaban J connectivity index is 2.15. The van der Waals surface area contributed by atoms with E-state index < -0.39 is 17.6 Å². The number of carbonyl (C=O) groups excluding carboxylic acids is 2. The van der Waals surface area contributed by atoms with Gasteiger partial charge in [-0.05, 0) is 38.5 Å². The van der Waals surface area contributed by atoms with E-state index in [0.29, 0.717) is 12.0 Å². The molecule has 0 saturated carbocycles. The molecule has 0 radical (unpaired) electrons. The molecule has 0 spiro atoms. The van der Waals surface area contributed by atoms with Gasteiger partial charge in [-0.2, -0.15) is 0 Å². The SMILES string of the molecule is CC(C)(C)OC(=O)[C@H](Cc1ccccc1)NC(=O)c1ccccc1. The van der Waals surface area contributed by atoms with Gasteiger partial charge in [0.15, 0.2) is 0 Å². The third kappa shape index (κ3) is 5.54. The highest BCUT2D eigenvalue weighted by molar-refractivity contribution is 5.96. The van der Waals surface area contributed by atoms with Crippen molar-refractivity contribution >= 4 is 11.9 Å². The van der Waals surface area contributed by atoms with Crippen molar-refractivity contribution in [2.24, 2.45) is 0 Å². The van der Waals surface area contributed by atoms with E-state index in [1.54, 1.807) is 24.3 Å². The van der Waals surface area contributed by atoms with Gasteiger partial charge in [-0.3, -0.25) is 4.79 Å². The first kappa shape index (κ1) is 17.7. The van der Waals surface area contributed by atoms with Crippen molar-refractivity contribution in [3.63, 3.8) is 0 Å². The molecular formula is C20H23NO3. The van der Waals surface area contributed by atoms with E-state index in [1.165, 1.54) is 0 Å². The minimum Gasteiger partial charge on any atom is -0.458 e. The first-order valence-corrected chi connectivity index (χ1v) is 7.98. The minimum absolute atomic E-state index is 0.289. The van der Waals surface area contributed by atoms with Gasteiger partial charge in [0.05, 0.1) is 0 Å². The molecule has 0 saturated heterocycles. The summed E-state index contributed by atoms with van der Waals surface area (Å²) in [5.74, 6) is -0.724. The van der Waals surface area contributed by atoms with E-state index in [4.69, 9.17) is 4.74 Å². The van der Waals surface area contributed by atoms with Gasteiger partial charge in [0.25, 0.3) is 5.91 Å². The summed E-state index contributed by atoms with van der Waals surface area (Å²) in [7, 11) is 0. The highest BCUT2D eigenvalue weighted by Gasteiger charge is 2.27. The summed E-state index contributed by atoms with van der Waals surface area (Å²) >= 11 is 0. The van der Waals surface area contributed by atoms with E-state index in [9.17, 15) is 9.59 Å². The molecule has 1 atom stereocenters. The predicted octanol–water partition coefficient (Wildman–Crippen LogP) is 3.37. The second kappa shape index (κ2) is 7.77. The van der Waals surface area contributed by atoms with Crippen LogP contribution in [-0.4, -0.2) is 23.5 Å². The number of hydrogen-bond acceptors (Lipinski definition) is 3. The summed E-state index contributed by atoms with van der Waals surface area (Å²) in [6.45, 7) is 5.43. The molecular weight excluding hydrogens is 302 g/mol. The fourth-order valence-corrected chi connectivity index (χ4v) is 2.25. The van der Waals surface area contributed by atoms with E-state index in [1.807, 2.05) is 57.2 Å². The molecule has 2 rings (SSSR count). The normalized spacial score (nSPS) is 12.3. The Morgan fingerprint density at radius 2 is 1.50 bits per heavy atom. The molecule has 4 nitrogen and oxygen atoms in total. The summed E-state index contributed by atoms with van der Waals surface area (Å²) in [5, 5.41) is 2.79. The Labute approximate surface area is 142 Å². The van der Waals surface area contributed by atoms with Gasteiger partial charge >= 0.3 is 5.97 Å². The van der Waals surface area contributed by atoms with Crippen LogP contribution in [-0.2, 0) is 16.0 Å². The number of benzene rings is 2. The van der Waals surface area contributed by atoms with Crippen molar-refractivity contribution < 1.29 is 14.3 Å². The standard InChI is InChI=1S/C20H23NO3/c1-20(2,3)24-19(23)17(14-15-10-6-4-7-11-15)21-18(22)16-12-8-5-9-13-16/h4-13,17H,14H2,1-3H3,(H,21,22)/t17-/m0/s1. The summed E-state index contributed by atoms with van der Waals surface area (Å²) in [6, 6.07) is 17.7. The maximum absolute atomic E-state index is 12.5. The molecule has 1 N–H and O–H groups in total. The Bertz CT molecular complexity index is 675. The second-order valence-corrected chi connectivity index (χ2v) is 6.62. The topological polar surface area (TPSA) is 55.4 Å². The molecule has 4 heteroatoms. The summed E-state index contributed by atoms with van der Waals surface area (Å²) in [6.07, 6.45) is 0.383. The number of carbonyl (C=O) groups is 2. The van der Waals surface area contributed by atoms with Crippen LogP contribution in [0.25, 0.3) is 0 Å². The lowest BCUT2D eigenvalue weighted by Gasteiger charge is -2.24. The first-order chi connectivity index (χ1) is 11.3. The zero-order valence-corrected chi connectivity index (χ0v) is 14.3. The Hall–Kier alpha value is -2.62. The van der Waals surface area contributed by atoms with Crippen LogP contribution in [0.2, 0.25) is 0 Å². The van der Waals surface area contributed by atoms with Crippen molar-refractivity contribution in [3.05, 3.63) is 71.8 Å². The number of nitrogens with one attached hydrogen (secondary N) is 1. The van der Waals surface area contributed by atoms with Gasteiger partial charge in [0, 0.05) is 12.0 Å². The van der Waals surface area contributed by atoms with Gasteiger partial charge in [-0.25, -0.2) is 4.79 Å². The minimum atomic E-state index is -0.737. The maximum Gasteiger partial charge on any atom is 0.329 e. The first-order valence-electron chi connectivity index (χ1n) is 7.98. The molecule has 126 valence electrons. The van der Waals surface area contributed by atoms with Crippen LogP contribution in [0.15, 0.2) is 60.7 Å². The van der Waals surface area contributed by atoms with Crippen LogP contribution >= 0.6 is 0 Å². The number of esters is 1. The second-order valence-electron chi connectivity index (χ2n) is 6.62. The van der Waals surface area contributed by atoms with Gasteiger partial charge in [0.2, 0.25) is 0 Å². The van der Waals surface area contributed by atoms with Crippen LogP contribution in [0, 0.1) is 0 Å². The number of ether oxygens (including phenoxy) is 1. The number of rotatable bonds is 5. The number of amides is 1. The molecule has 2 aromatic rings. The molecule has 0 unspecified atom stereocenters. The quantitative estimate of drug-likeness (QED) is 0.858. The van der Waals surface area contributed by atoms with Gasteiger partial charge in [0.1, 0.15) is 11.6 Å². The molecule has 0 bridgehead atoms. The lowest BCUT2D eigenvalue weighted by atomic mass is 10.0. The summed E-state index contributed by atoms with van der Waals surface area (Å²) < 4.78 is 5.46. The smallest absolute Gasteiger partial charge is 0.329 e. The fourth-order valence-electron chi connectivity index (χ4n) is 2.25.